The van der Waals surface area contributed by atoms with Crippen molar-refractivity contribution in [2.24, 2.45) is 10.9 Å². The molecule has 9 nitrogen and oxygen atoms in total. The van der Waals surface area contributed by atoms with Gasteiger partial charge in [-0.1, -0.05) is 66.4 Å². The fraction of sp³-hybridized carbons (Fsp3) is 0.357. The summed E-state index contributed by atoms with van der Waals surface area (Å²) in [6.45, 7) is 2.68. The second-order valence-electron chi connectivity index (χ2n) is 9.40. The maximum Gasteiger partial charge on any atom is 0.336 e. The smallest absolute Gasteiger partial charge is 0.336 e. The average molecular weight is 504 g/mol. The number of hydrogen-bond donors (Lipinski definition) is 2. The third-order valence-corrected chi connectivity index (χ3v) is 7.17. The van der Waals surface area contributed by atoms with Crippen molar-refractivity contribution in [3.8, 4) is 22.9 Å². The predicted molar refractivity (Wildman–Crippen MR) is 140 cm³/mol. The fourth-order valence-electron chi connectivity index (χ4n) is 5.55. The zero-order valence-electron chi connectivity index (χ0n) is 21.1. The number of benzene rings is 2. The van der Waals surface area contributed by atoms with E-state index in [9.17, 15) is 15.0 Å². The summed E-state index contributed by atoms with van der Waals surface area (Å²) in [6.07, 6.45) is 5.42. The second-order valence-corrected chi connectivity index (χ2v) is 9.40. The molecule has 9 heteroatoms. The van der Waals surface area contributed by atoms with E-state index in [1.54, 1.807) is 18.2 Å². The first-order valence-corrected chi connectivity index (χ1v) is 12.7. The molecule has 0 bridgehead atoms. The van der Waals surface area contributed by atoms with Crippen LogP contribution in [0.2, 0.25) is 0 Å². The number of nitrogens with zero attached hydrogens (tertiary/aromatic N) is 4. The van der Waals surface area contributed by atoms with Crippen LogP contribution in [-0.2, 0) is 11.4 Å². The number of hydroxylamine groups is 2. The minimum Gasteiger partial charge on any atom is -0.488 e. The van der Waals surface area contributed by atoms with Crippen LogP contribution in [0.4, 0.5) is 11.4 Å². The highest BCUT2D eigenvalue weighted by molar-refractivity contribution is 6.04. The predicted octanol–water partition coefficient (Wildman–Crippen LogP) is 5.64. The van der Waals surface area contributed by atoms with Crippen LogP contribution in [0.1, 0.15) is 54.9 Å². The van der Waals surface area contributed by atoms with Crippen LogP contribution in [0.3, 0.4) is 0 Å². The highest BCUT2D eigenvalue weighted by atomic mass is 16.7. The Morgan fingerprint density at radius 1 is 1.05 bits per heavy atom. The number of aromatic carboxylic acids is 1. The van der Waals surface area contributed by atoms with E-state index in [0.29, 0.717) is 30.1 Å². The van der Waals surface area contributed by atoms with Crippen molar-refractivity contribution >= 4 is 23.2 Å². The highest BCUT2D eigenvalue weighted by Gasteiger charge is 2.54. The van der Waals surface area contributed by atoms with Crippen molar-refractivity contribution in [3.05, 3.63) is 59.7 Å². The van der Waals surface area contributed by atoms with Crippen LogP contribution in [0.15, 0.2) is 53.5 Å². The van der Waals surface area contributed by atoms with Crippen molar-refractivity contribution in [1.82, 2.24) is 14.8 Å². The Morgan fingerprint density at radius 2 is 1.78 bits per heavy atom. The lowest BCUT2D eigenvalue weighted by Crippen LogP contribution is -2.54. The topological polar surface area (TPSA) is 114 Å². The van der Waals surface area contributed by atoms with Crippen LogP contribution in [0.5, 0.6) is 11.8 Å². The van der Waals surface area contributed by atoms with Crippen LogP contribution in [-0.4, -0.2) is 45.9 Å². The molecule has 192 valence electrons. The number of aromatic nitrogens is 2. The maximum atomic E-state index is 11.7. The van der Waals surface area contributed by atoms with Crippen molar-refractivity contribution < 1.29 is 24.6 Å². The fourth-order valence-corrected chi connectivity index (χ4v) is 5.55. The van der Waals surface area contributed by atoms with E-state index in [1.165, 1.54) is 13.5 Å². The van der Waals surface area contributed by atoms with Crippen molar-refractivity contribution in [2.75, 3.05) is 13.7 Å². The van der Waals surface area contributed by atoms with E-state index in [1.807, 2.05) is 37.3 Å². The van der Waals surface area contributed by atoms with Gasteiger partial charge in [-0.3, -0.25) is 0 Å². The number of fused-ring (bicyclic) bond motifs is 1. The lowest BCUT2D eigenvalue weighted by atomic mass is 9.87. The number of rotatable bonds is 8. The van der Waals surface area contributed by atoms with E-state index in [-0.39, 0.29) is 27.9 Å². The minimum atomic E-state index is -0.965. The number of methoxy groups -OCH3 is 1. The summed E-state index contributed by atoms with van der Waals surface area (Å²) in [7, 11) is 1.51. The van der Waals surface area contributed by atoms with Gasteiger partial charge in [0.2, 0.25) is 11.5 Å². The molecule has 2 N–H and O–H groups in total. The monoisotopic (exact) mass is 503 g/mol. The van der Waals surface area contributed by atoms with Crippen molar-refractivity contribution in [3.63, 3.8) is 0 Å². The molecule has 0 saturated heterocycles. The molecular formula is C28H31N4O5+. The highest BCUT2D eigenvalue weighted by Crippen LogP contribution is 2.53. The molecule has 1 fully saturated rings. The molecule has 5 rings (SSSR count). The summed E-state index contributed by atoms with van der Waals surface area (Å²) >= 11 is 0. The number of carboxylic acids is 1. The first kappa shape index (κ1) is 24.9. The standard InChI is InChI=1S/C28H30N4O5/c1-3-37-32(17-18-13-15-19(16-14-18)21-11-7-8-12-22(21)28(34)35)24-23(27(36-2)31-30-26(24)33)29-25(32)20-9-5-4-6-10-20/h7-8,11-16,20H,3-6,9-10,17H2,1-2H3,(H-,30,33,34,35)/p+1. The summed E-state index contributed by atoms with van der Waals surface area (Å²) in [4.78, 5) is 23.2. The maximum absolute atomic E-state index is 11.7. The van der Waals surface area contributed by atoms with Gasteiger partial charge < -0.3 is 14.9 Å². The molecule has 0 amide bonds. The molecule has 3 aromatic rings. The Hall–Kier alpha value is -3.82. The Balaban J connectivity index is 1.59. The van der Waals surface area contributed by atoms with Gasteiger partial charge in [0.25, 0.3) is 17.4 Å². The number of ether oxygens (including phenoxy) is 1. The number of hydrogen-bond acceptors (Lipinski definition) is 7. The van der Waals surface area contributed by atoms with E-state index in [0.717, 1.165) is 42.6 Å². The molecule has 2 aromatic carbocycles. The lowest BCUT2D eigenvalue weighted by molar-refractivity contribution is -0.0944. The summed E-state index contributed by atoms with van der Waals surface area (Å²) in [6, 6.07) is 14.7. The van der Waals surface area contributed by atoms with Crippen LogP contribution in [0.25, 0.3) is 11.1 Å². The zero-order chi connectivity index (χ0) is 26.0. The second kappa shape index (κ2) is 10.3. The van der Waals surface area contributed by atoms with Gasteiger partial charge in [-0.25, -0.2) is 4.79 Å². The molecule has 0 radical (unpaired) electrons. The zero-order valence-corrected chi connectivity index (χ0v) is 21.1. The van der Waals surface area contributed by atoms with Gasteiger partial charge in [0.1, 0.15) is 13.2 Å². The van der Waals surface area contributed by atoms with Gasteiger partial charge in [0.05, 0.1) is 18.6 Å². The van der Waals surface area contributed by atoms with Crippen molar-refractivity contribution in [2.45, 2.75) is 45.6 Å². The molecule has 1 aromatic heterocycles. The largest absolute Gasteiger partial charge is 0.488 e. The summed E-state index contributed by atoms with van der Waals surface area (Å²) < 4.78 is 5.36. The Kier molecular flexibility index (Phi) is 6.90. The summed E-state index contributed by atoms with van der Waals surface area (Å²) in [5.41, 5.74) is 3.55. The van der Waals surface area contributed by atoms with Gasteiger partial charge in [-0.05, 0) is 37.0 Å². The number of amidine groups is 1. The van der Waals surface area contributed by atoms with E-state index < -0.39 is 5.97 Å². The third kappa shape index (κ3) is 4.45. The van der Waals surface area contributed by atoms with Crippen molar-refractivity contribution in [1.29, 1.82) is 0 Å². The van der Waals surface area contributed by atoms with Gasteiger partial charge in [-0.15, -0.1) is 10.2 Å². The summed E-state index contributed by atoms with van der Waals surface area (Å²) in [5, 5.41) is 28.5. The van der Waals surface area contributed by atoms with Crippen LogP contribution < -0.4 is 9.38 Å². The number of carbonyl (C=O) groups is 1. The number of quaternary nitrogens is 1. The number of aliphatic imine (C=N–C) groups is 1. The molecule has 1 atom stereocenters. The third-order valence-electron chi connectivity index (χ3n) is 7.17. The van der Waals surface area contributed by atoms with Gasteiger partial charge >= 0.3 is 5.97 Å². The summed E-state index contributed by atoms with van der Waals surface area (Å²) in [5.74, 6) is 0.0825. The van der Waals surface area contributed by atoms with Gasteiger partial charge in [-0.2, -0.15) is 9.83 Å². The molecule has 1 aliphatic carbocycles. The molecule has 1 aliphatic heterocycles. The molecule has 1 unspecified atom stereocenters. The Morgan fingerprint density at radius 3 is 2.46 bits per heavy atom. The van der Waals surface area contributed by atoms with Gasteiger partial charge in [0.15, 0.2) is 0 Å². The normalized spacial score (nSPS) is 19.4. The lowest BCUT2D eigenvalue weighted by Gasteiger charge is -2.35. The van der Waals surface area contributed by atoms with E-state index in [2.05, 4.69) is 10.2 Å². The first-order valence-electron chi connectivity index (χ1n) is 12.7. The quantitative estimate of drug-likeness (QED) is 0.382. The first-order chi connectivity index (χ1) is 18.0. The minimum absolute atomic E-state index is 0.0979. The van der Waals surface area contributed by atoms with E-state index in [4.69, 9.17) is 14.6 Å². The molecule has 2 heterocycles. The SMILES string of the molecule is CCO[N+]1(Cc2ccc(-c3ccccc3C(=O)O)cc2)C(C2CCCCC2)=Nc2c(OC)nnc(O)c21. The Labute approximate surface area is 215 Å². The van der Waals surface area contributed by atoms with Crippen LogP contribution >= 0.6 is 0 Å². The van der Waals surface area contributed by atoms with Crippen LogP contribution in [0, 0.1) is 5.92 Å². The average Bonchev–Trinajstić information content (AvgIpc) is 3.25. The molecular weight excluding hydrogens is 472 g/mol. The molecule has 2 aliphatic rings. The number of carboxylic acid groups (broad SMARTS) is 1. The molecule has 37 heavy (non-hydrogen) atoms. The molecule has 1 saturated carbocycles. The van der Waals surface area contributed by atoms with E-state index >= 15 is 0 Å². The Bertz CT molecular complexity index is 1330. The number of aromatic hydroxyl groups is 1. The molecule has 0 spiro atoms. The van der Waals surface area contributed by atoms with Gasteiger partial charge in [0, 0.05) is 5.56 Å².